The van der Waals surface area contributed by atoms with Crippen LogP contribution in [0.4, 0.5) is 0 Å². The molecule has 94 valence electrons. The van der Waals surface area contributed by atoms with Crippen LogP contribution in [-0.4, -0.2) is 5.78 Å². The van der Waals surface area contributed by atoms with Gasteiger partial charge in [-0.3, -0.25) is 4.79 Å². The number of benzene rings is 2. The number of hydrogen-bond acceptors (Lipinski definition) is 2. The highest BCUT2D eigenvalue weighted by molar-refractivity contribution is 14.1. The summed E-state index contributed by atoms with van der Waals surface area (Å²) in [5.74, 6) is 0.0277. The normalized spacial score (nSPS) is 10.8. The minimum atomic E-state index is 0.0277. The lowest BCUT2D eigenvalue weighted by Gasteiger charge is -2.05. The second-order valence-electron chi connectivity index (χ2n) is 4.10. The molecule has 0 bridgehead atoms. The van der Waals surface area contributed by atoms with E-state index in [-0.39, 0.29) is 5.78 Å². The molecule has 0 saturated carbocycles. The van der Waals surface area contributed by atoms with Gasteiger partial charge in [0.05, 0.1) is 0 Å². The fraction of sp³-hybridized carbons (Fsp3) is 0. The summed E-state index contributed by atoms with van der Waals surface area (Å²) < 4.78 is 1.95. The van der Waals surface area contributed by atoms with E-state index in [1.54, 1.807) is 23.5 Å². The number of halogens is 2. The molecule has 19 heavy (non-hydrogen) atoms. The van der Waals surface area contributed by atoms with Crippen molar-refractivity contribution < 1.29 is 4.79 Å². The molecule has 2 aromatic carbocycles. The zero-order valence-electron chi connectivity index (χ0n) is 9.69. The van der Waals surface area contributed by atoms with Gasteiger partial charge in [0.1, 0.15) is 0 Å². The number of carbonyl (C=O) groups excluding carboxylic acids is 1. The maximum atomic E-state index is 12.7. The van der Waals surface area contributed by atoms with Gasteiger partial charge in [-0.1, -0.05) is 23.7 Å². The maximum absolute atomic E-state index is 12.7. The Kier molecular flexibility index (Phi) is 3.60. The molecule has 1 aromatic heterocycles. The minimum absolute atomic E-state index is 0.0277. The largest absolute Gasteiger partial charge is 0.289 e. The number of rotatable bonds is 2. The molecule has 0 N–H and O–H groups in total. The number of hydrogen-bond donors (Lipinski definition) is 0. The first-order valence-electron chi connectivity index (χ1n) is 5.63. The third-order valence-electron chi connectivity index (χ3n) is 2.90. The van der Waals surface area contributed by atoms with Gasteiger partial charge in [0, 0.05) is 24.4 Å². The Balaban J connectivity index is 2.19. The summed E-state index contributed by atoms with van der Waals surface area (Å²) in [5, 5.41) is 3.69. The average Bonchev–Trinajstić information content (AvgIpc) is 2.89. The van der Waals surface area contributed by atoms with E-state index in [9.17, 15) is 4.79 Å². The van der Waals surface area contributed by atoms with Crippen molar-refractivity contribution in [1.29, 1.82) is 0 Å². The van der Waals surface area contributed by atoms with Gasteiger partial charge in [-0.25, -0.2) is 0 Å². The Morgan fingerprint density at radius 2 is 1.95 bits per heavy atom. The minimum Gasteiger partial charge on any atom is -0.289 e. The monoisotopic (exact) mass is 398 g/mol. The van der Waals surface area contributed by atoms with Gasteiger partial charge < -0.3 is 0 Å². The SMILES string of the molecule is O=C(c1cc(Cl)ccc1I)c1cccc2ccsc12. The van der Waals surface area contributed by atoms with Crippen molar-refractivity contribution in [1.82, 2.24) is 0 Å². The quantitative estimate of drug-likeness (QED) is 0.418. The van der Waals surface area contributed by atoms with E-state index in [0.717, 1.165) is 19.2 Å². The van der Waals surface area contributed by atoms with E-state index >= 15 is 0 Å². The molecule has 0 saturated heterocycles. The van der Waals surface area contributed by atoms with Crippen LogP contribution in [0.3, 0.4) is 0 Å². The summed E-state index contributed by atoms with van der Waals surface area (Å²) in [7, 11) is 0. The van der Waals surface area contributed by atoms with Crippen LogP contribution >= 0.6 is 45.5 Å². The van der Waals surface area contributed by atoms with Crippen molar-refractivity contribution in [2.45, 2.75) is 0 Å². The molecule has 3 rings (SSSR count). The van der Waals surface area contributed by atoms with Crippen LogP contribution in [0.2, 0.25) is 5.02 Å². The summed E-state index contributed by atoms with van der Waals surface area (Å²) in [4.78, 5) is 12.7. The lowest BCUT2D eigenvalue weighted by molar-refractivity contribution is 0.103. The molecule has 0 unspecified atom stereocenters. The molecule has 0 amide bonds. The van der Waals surface area contributed by atoms with E-state index < -0.39 is 0 Å². The molecule has 4 heteroatoms. The highest BCUT2D eigenvalue weighted by atomic mass is 127. The molecule has 3 aromatic rings. The molecule has 0 fully saturated rings. The van der Waals surface area contributed by atoms with Crippen molar-refractivity contribution in [2.75, 3.05) is 0 Å². The van der Waals surface area contributed by atoms with Crippen molar-refractivity contribution in [3.05, 3.63) is 67.6 Å². The smallest absolute Gasteiger partial charge is 0.195 e. The van der Waals surface area contributed by atoms with Crippen molar-refractivity contribution >= 4 is 61.4 Å². The fourth-order valence-corrected chi connectivity index (χ4v) is 3.65. The average molecular weight is 399 g/mol. The molecule has 1 nitrogen and oxygen atoms in total. The topological polar surface area (TPSA) is 17.1 Å². The maximum Gasteiger partial charge on any atom is 0.195 e. The lowest BCUT2D eigenvalue weighted by atomic mass is 10.0. The third-order valence-corrected chi connectivity index (χ3v) is 5.04. The molecule has 0 aliphatic heterocycles. The summed E-state index contributed by atoms with van der Waals surface area (Å²) >= 11 is 9.75. The van der Waals surface area contributed by atoms with Crippen molar-refractivity contribution in [2.24, 2.45) is 0 Å². The summed E-state index contributed by atoms with van der Waals surface area (Å²) in [6, 6.07) is 13.2. The Bertz CT molecular complexity index is 779. The highest BCUT2D eigenvalue weighted by Gasteiger charge is 2.16. The highest BCUT2D eigenvalue weighted by Crippen LogP contribution is 2.28. The summed E-state index contributed by atoms with van der Waals surface area (Å²) in [6.07, 6.45) is 0. The van der Waals surface area contributed by atoms with Crippen LogP contribution < -0.4 is 0 Å². The predicted molar refractivity (Wildman–Crippen MR) is 89.4 cm³/mol. The number of fused-ring (bicyclic) bond motifs is 1. The van der Waals surface area contributed by atoms with Crippen LogP contribution in [-0.2, 0) is 0 Å². The zero-order valence-corrected chi connectivity index (χ0v) is 13.4. The Morgan fingerprint density at radius 3 is 2.79 bits per heavy atom. The van der Waals surface area contributed by atoms with Gasteiger partial charge in [-0.2, -0.15) is 0 Å². The fourth-order valence-electron chi connectivity index (χ4n) is 1.99. The first-order valence-corrected chi connectivity index (χ1v) is 7.96. The second-order valence-corrected chi connectivity index (χ2v) is 6.61. The number of ketones is 1. The van der Waals surface area contributed by atoms with E-state index in [2.05, 4.69) is 22.6 Å². The van der Waals surface area contributed by atoms with E-state index in [1.165, 1.54) is 0 Å². The molecule has 0 atom stereocenters. The van der Waals surface area contributed by atoms with Crippen LogP contribution in [0.25, 0.3) is 10.1 Å². The molecule has 0 aliphatic carbocycles. The van der Waals surface area contributed by atoms with Gasteiger partial charge in [0.25, 0.3) is 0 Å². The van der Waals surface area contributed by atoms with E-state index in [4.69, 9.17) is 11.6 Å². The molecule has 0 spiro atoms. The van der Waals surface area contributed by atoms with E-state index in [1.807, 2.05) is 35.7 Å². The number of thiophene rings is 1. The molecular weight excluding hydrogens is 391 g/mol. The van der Waals surface area contributed by atoms with Crippen LogP contribution in [0.15, 0.2) is 47.8 Å². The van der Waals surface area contributed by atoms with Crippen molar-refractivity contribution in [3.63, 3.8) is 0 Å². The predicted octanol–water partition coefficient (Wildman–Crippen LogP) is 5.39. The number of carbonyl (C=O) groups is 1. The van der Waals surface area contributed by atoms with Crippen LogP contribution in [0, 0.1) is 3.57 Å². The van der Waals surface area contributed by atoms with Gasteiger partial charge in [-0.15, -0.1) is 11.3 Å². The molecule has 0 aliphatic rings. The lowest BCUT2D eigenvalue weighted by Crippen LogP contribution is -2.03. The summed E-state index contributed by atoms with van der Waals surface area (Å²) in [5.41, 5.74) is 1.40. The van der Waals surface area contributed by atoms with Gasteiger partial charge in [-0.05, 0) is 63.7 Å². The second kappa shape index (κ2) is 5.23. The first kappa shape index (κ1) is 13.1. The molecular formula is C15H8ClIOS. The third kappa shape index (κ3) is 2.42. The van der Waals surface area contributed by atoms with Gasteiger partial charge in [0.2, 0.25) is 0 Å². The Hall–Kier alpha value is -0.910. The van der Waals surface area contributed by atoms with Crippen LogP contribution in [0.1, 0.15) is 15.9 Å². The Morgan fingerprint density at radius 1 is 1.11 bits per heavy atom. The molecule has 1 heterocycles. The first-order chi connectivity index (χ1) is 9.16. The summed E-state index contributed by atoms with van der Waals surface area (Å²) in [6.45, 7) is 0. The standard InChI is InChI=1S/C15H8ClIOS/c16-10-4-5-13(17)12(8-10)14(18)11-3-1-2-9-6-7-19-15(9)11/h1-8H. The van der Waals surface area contributed by atoms with Gasteiger partial charge in [0.15, 0.2) is 5.78 Å². The molecule has 0 radical (unpaired) electrons. The Labute approximate surface area is 133 Å². The zero-order chi connectivity index (χ0) is 13.4. The van der Waals surface area contributed by atoms with Gasteiger partial charge >= 0.3 is 0 Å². The van der Waals surface area contributed by atoms with Crippen molar-refractivity contribution in [3.8, 4) is 0 Å². The van der Waals surface area contributed by atoms with Crippen LogP contribution in [0.5, 0.6) is 0 Å². The van der Waals surface area contributed by atoms with E-state index in [0.29, 0.717) is 10.6 Å².